The molecule has 0 spiro atoms. The van der Waals surface area contributed by atoms with Crippen LogP contribution in [0.15, 0.2) is 0 Å². The zero-order chi connectivity index (χ0) is 13.6. The molecule has 0 aromatic heterocycles. The number of piperidine rings is 1. The van der Waals surface area contributed by atoms with Crippen molar-refractivity contribution in [2.45, 2.75) is 44.7 Å². The van der Waals surface area contributed by atoms with Crippen LogP contribution in [0.3, 0.4) is 0 Å². The van der Waals surface area contributed by atoms with Crippen molar-refractivity contribution >= 4 is 21.8 Å². The summed E-state index contributed by atoms with van der Waals surface area (Å²) in [6, 6.07) is 0.227. The summed E-state index contributed by atoms with van der Waals surface area (Å²) >= 11 is 1.76. The first-order chi connectivity index (χ1) is 8.47. The third-order valence-electron chi connectivity index (χ3n) is 3.62. The number of hydrogen-bond donors (Lipinski definition) is 1. The predicted molar refractivity (Wildman–Crippen MR) is 79.7 cm³/mol. The maximum atomic E-state index is 12.3. The van der Waals surface area contributed by atoms with E-state index in [0.717, 1.165) is 38.0 Å². The Morgan fingerprint density at radius 1 is 1.44 bits per heavy atom. The average molecular weight is 294 g/mol. The quantitative estimate of drug-likeness (QED) is 0.774. The lowest BCUT2D eigenvalue weighted by Crippen LogP contribution is -2.45. The fraction of sp³-hybridized carbons (Fsp3) is 1.00. The topological polar surface area (TPSA) is 49.4 Å². The number of rotatable bonds is 7. The van der Waals surface area contributed by atoms with Gasteiger partial charge in [0.2, 0.25) is 10.0 Å². The summed E-state index contributed by atoms with van der Waals surface area (Å²) in [7, 11) is -1.42. The van der Waals surface area contributed by atoms with E-state index in [2.05, 4.69) is 5.32 Å². The van der Waals surface area contributed by atoms with Crippen molar-refractivity contribution in [3.8, 4) is 0 Å². The molecule has 1 rings (SSSR count). The first-order valence-corrected chi connectivity index (χ1v) is 9.65. The van der Waals surface area contributed by atoms with E-state index in [-0.39, 0.29) is 17.8 Å². The molecule has 6 heteroatoms. The van der Waals surface area contributed by atoms with Crippen LogP contribution in [0.4, 0.5) is 0 Å². The monoisotopic (exact) mass is 294 g/mol. The summed E-state index contributed by atoms with van der Waals surface area (Å²) in [5.74, 6) is 1.25. The second kappa shape index (κ2) is 7.72. The summed E-state index contributed by atoms with van der Waals surface area (Å²) in [6.45, 7) is 2.94. The molecule has 0 bridgehead atoms. The van der Waals surface area contributed by atoms with Crippen LogP contribution in [-0.4, -0.2) is 56.2 Å². The minimum absolute atomic E-state index is 0.0889. The molecule has 0 aromatic rings. The molecule has 2 atom stereocenters. The maximum Gasteiger partial charge on any atom is 0.215 e. The molecule has 1 heterocycles. The van der Waals surface area contributed by atoms with Crippen LogP contribution < -0.4 is 5.32 Å². The van der Waals surface area contributed by atoms with Gasteiger partial charge < -0.3 is 5.32 Å². The molecule has 18 heavy (non-hydrogen) atoms. The van der Waals surface area contributed by atoms with Gasteiger partial charge in [0.1, 0.15) is 0 Å². The largest absolute Gasteiger partial charge is 0.313 e. The number of nitrogens with one attached hydrogen (secondary N) is 1. The van der Waals surface area contributed by atoms with E-state index in [1.807, 2.05) is 13.2 Å². The lowest BCUT2D eigenvalue weighted by molar-refractivity contribution is 0.369. The summed E-state index contributed by atoms with van der Waals surface area (Å²) in [5.41, 5.74) is 0. The Labute approximate surface area is 116 Å². The summed E-state index contributed by atoms with van der Waals surface area (Å²) in [6.07, 6.45) is 6.24. The second-order valence-corrected chi connectivity index (χ2v) is 8.13. The predicted octanol–water partition coefficient (Wildman–Crippen LogP) is 1.53. The summed E-state index contributed by atoms with van der Waals surface area (Å²) < 4.78 is 26.1. The lowest BCUT2D eigenvalue weighted by atomic mass is 10.1. The molecule has 1 saturated heterocycles. The molecular weight excluding hydrogens is 268 g/mol. The van der Waals surface area contributed by atoms with Crippen molar-refractivity contribution in [2.75, 3.05) is 31.4 Å². The van der Waals surface area contributed by atoms with Crippen molar-refractivity contribution in [1.82, 2.24) is 9.62 Å². The third kappa shape index (κ3) is 5.07. The zero-order valence-electron chi connectivity index (χ0n) is 11.7. The van der Waals surface area contributed by atoms with Crippen molar-refractivity contribution in [1.29, 1.82) is 0 Å². The Morgan fingerprint density at radius 2 is 2.17 bits per heavy atom. The van der Waals surface area contributed by atoms with E-state index in [9.17, 15) is 8.42 Å². The van der Waals surface area contributed by atoms with E-state index in [1.165, 1.54) is 0 Å². The van der Waals surface area contributed by atoms with Crippen LogP contribution in [0.5, 0.6) is 0 Å². The minimum Gasteiger partial charge on any atom is -0.313 e. The summed E-state index contributed by atoms with van der Waals surface area (Å²) in [5, 5.41) is 3.30. The van der Waals surface area contributed by atoms with Gasteiger partial charge in [0.15, 0.2) is 0 Å². The molecule has 0 radical (unpaired) electrons. The van der Waals surface area contributed by atoms with Gasteiger partial charge in [-0.25, -0.2) is 12.7 Å². The van der Waals surface area contributed by atoms with Gasteiger partial charge in [-0.1, -0.05) is 6.42 Å². The van der Waals surface area contributed by atoms with Crippen LogP contribution in [0.2, 0.25) is 0 Å². The van der Waals surface area contributed by atoms with Gasteiger partial charge in [-0.3, -0.25) is 0 Å². The van der Waals surface area contributed by atoms with E-state index >= 15 is 0 Å². The number of hydrogen-bond acceptors (Lipinski definition) is 4. The van der Waals surface area contributed by atoms with E-state index in [4.69, 9.17) is 0 Å². The van der Waals surface area contributed by atoms with Crippen molar-refractivity contribution in [3.05, 3.63) is 0 Å². The van der Waals surface area contributed by atoms with Crippen molar-refractivity contribution < 1.29 is 8.42 Å². The molecule has 1 aliphatic rings. The molecule has 0 aliphatic carbocycles. The Bertz CT molecular complexity index is 327. The van der Waals surface area contributed by atoms with Gasteiger partial charge in [-0.15, -0.1) is 0 Å². The Balaban J connectivity index is 2.50. The zero-order valence-corrected chi connectivity index (χ0v) is 13.3. The molecular formula is C12H26N2O2S2. The highest BCUT2D eigenvalue weighted by atomic mass is 32.2. The lowest BCUT2D eigenvalue weighted by Gasteiger charge is -2.28. The Hall–Kier alpha value is 0.220. The van der Waals surface area contributed by atoms with Gasteiger partial charge in [0.05, 0.1) is 5.75 Å². The highest BCUT2D eigenvalue weighted by Crippen LogP contribution is 2.15. The van der Waals surface area contributed by atoms with Gasteiger partial charge in [0, 0.05) is 19.1 Å². The smallest absolute Gasteiger partial charge is 0.215 e. The normalized spacial score (nSPS) is 23.2. The molecule has 1 aliphatic heterocycles. The number of thioether (sulfide) groups is 1. The van der Waals surface area contributed by atoms with Crippen LogP contribution in [0.25, 0.3) is 0 Å². The van der Waals surface area contributed by atoms with Crippen LogP contribution in [0.1, 0.15) is 32.6 Å². The van der Waals surface area contributed by atoms with Crippen molar-refractivity contribution in [2.24, 2.45) is 0 Å². The Kier molecular flexibility index (Phi) is 6.98. The third-order valence-corrected chi connectivity index (χ3v) is 6.33. The highest BCUT2D eigenvalue weighted by molar-refractivity contribution is 7.98. The minimum atomic E-state index is -3.13. The molecule has 1 N–H and O–H groups in total. The van der Waals surface area contributed by atoms with Gasteiger partial charge in [0.25, 0.3) is 0 Å². The van der Waals surface area contributed by atoms with Crippen LogP contribution in [-0.2, 0) is 10.0 Å². The molecule has 2 unspecified atom stereocenters. The van der Waals surface area contributed by atoms with Gasteiger partial charge in [-0.2, -0.15) is 11.8 Å². The number of nitrogens with zero attached hydrogens (tertiary/aromatic N) is 1. The van der Waals surface area contributed by atoms with E-state index in [0.29, 0.717) is 0 Å². The molecule has 0 aromatic carbocycles. The first kappa shape index (κ1) is 16.3. The molecule has 0 saturated carbocycles. The van der Waals surface area contributed by atoms with Gasteiger partial charge >= 0.3 is 0 Å². The summed E-state index contributed by atoms with van der Waals surface area (Å²) in [4.78, 5) is 0. The SMILES string of the molecule is CSCCC(C)N(C)S(=O)(=O)CC1CCCCN1. The fourth-order valence-electron chi connectivity index (χ4n) is 2.18. The van der Waals surface area contributed by atoms with E-state index < -0.39 is 10.0 Å². The molecule has 4 nitrogen and oxygen atoms in total. The number of sulfonamides is 1. The van der Waals surface area contributed by atoms with Crippen molar-refractivity contribution in [3.63, 3.8) is 0 Å². The van der Waals surface area contributed by atoms with E-state index in [1.54, 1.807) is 23.1 Å². The van der Waals surface area contributed by atoms with Crippen LogP contribution in [0, 0.1) is 0 Å². The molecule has 0 amide bonds. The standard InChI is InChI=1S/C12H26N2O2S2/c1-11(7-9-17-3)14(2)18(15,16)10-12-6-4-5-8-13-12/h11-13H,4-10H2,1-3H3. The first-order valence-electron chi connectivity index (χ1n) is 6.65. The Morgan fingerprint density at radius 3 is 2.72 bits per heavy atom. The fourth-order valence-corrected chi connectivity index (χ4v) is 4.44. The van der Waals surface area contributed by atoms with Gasteiger partial charge in [-0.05, 0) is 44.7 Å². The molecule has 1 fully saturated rings. The second-order valence-electron chi connectivity index (χ2n) is 5.07. The molecule has 108 valence electrons. The maximum absolute atomic E-state index is 12.3. The highest BCUT2D eigenvalue weighted by Gasteiger charge is 2.27. The average Bonchev–Trinajstić information content (AvgIpc) is 2.35. The van der Waals surface area contributed by atoms with Crippen LogP contribution >= 0.6 is 11.8 Å².